The van der Waals surface area contributed by atoms with Crippen molar-refractivity contribution in [1.29, 1.82) is 0 Å². The molecule has 0 amide bonds. The van der Waals surface area contributed by atoms with Crippen molar-refractivity contribution in [2.24, 2.45) is 0 Å². The molecule has 0 fully saturated rings. The zero-order chi connectivity index (χ0) is 17.9. The van der Waals surface area contributed by atoms with E-state index in [0.29, 0.717) is 4.48 Å². The Morgan fingerprint density at radius 3 is 1.74 bits per heavy atom. The van der Waals surface area contributed by atoms with E-state index in [1.807, 2.05) is 21.1 Å². The molecule has 0 saturated heterocycles. The number of likely N-dealkylation sites (N-methyl/N-ethyl adjacent to an activating group) is 1. The van der Waals surface area contributed by atoms with Crippen molar-refractivity contribution >= 4 is 5.97 Å². The lowest BCUT2D eigenvalue weighted by Gasteiger charge is -2.22. The zero-order valence-electron chi connectivity index (χ0n) is 14.1. The van der Waals surface area contributed by atoms with Crippen molar-refractivity contribution in [3.8, 4) is 0 Å². The van der Waals surface area contributed by atoms with Crippen molar-refractivity contribution in [3.05, 3.63) is 0 Å². The van der Waals surface area contributed by atoms with Crippen molar-refractivity contribution < 1.29 is 43.9 Å². The topological polar surface area (TPSA) is 126 Å². The number of carbonyl (C=O) groups is 1. The highest BCUT2D eigenvalue weighted by Gasteiger charge is 2.17. The molecule has 0 aromatic carbocycles. The molecule has 138 valence electrons. The summed E-state index contributed by atoms with van der Waals surface area (Å²) in [4.78, 5) is 11.5. The average molecular weight is 340 g/mol. The Morgan fingerprint density at radius 1 is 0.870 bits per heavy atom. The summed E-state index contributed by atoms with van der Waals surface area (Å²) >= 11 is 0. The molecule has 0 aliphatic rings. The molecule has 3 atom stereocenters. The second-order valence-electron chi connectivity index (χ2n) is 6.35. The number of nitrogens with zero attached hydrogens (tertiary/aromatic N) is 1. The van der Waals surface area contributed by atoms with Crippen LogP contribution in [-0.4, -0.2) is 117 Å². The van der Waals surface area contributed by atoms with E-state index in [4.69, 9.17) is 24.4 Å². The van der Waals surface area contributed by atoms with E-state index in [9.17, 15) is 15.0 Å². The van der Waals surface area contributed by atoms with Gasteiger partial charge in [-0.05, 0) is 0 Å². The third-order valence-corrected chi connectivity index (χ3v) is 2.49. The minimum absolute atomic E-state index is 0.0638. The fourth-order valence-electron chi connectivity index (χ4n) is 1.45. The summed E-state index contributed by atoms with van der Waals surface area (Å²) in [7, 11) is 5.55. The highest BCUT2D eigenvalue weighted by atomic mass is 16.6. The highest BCUT2D eigenvalue weighted by Crippen LogP contribution is 1.96. The molecule has 0 spiro atoms. The zero-order valence-corrected chi connectivity index (χ0v) is 14.1. The lowest BCUT2D eigenvalue weighted by atomic mass is 10.4. The number of carbonyl (C=O) groups excluding carboxylic acids is 1. The van der Waals surface area contributed by atoms with E-state index >= 15 is 0 Å². The number of ether oxygens (including phenoxy) is 3. The summed E-state index contributed by atoms with van der Waals surface area (Å²) in [6.45, 7) is -0.694. The summed E-state index contributed by atoms with van der Waals surface area (Å²) in [5.41, 5.74) is 0. The van der Waals surface area contributed by atoms with Gasteiger partial charge in [-0.25, -0.2) is 4.79 Å². The van der Waals surface area contributed by atoms with Gasteiger partial charge in [0.1, 0.15) is 24.9 Å². The van der Waals surface area contributed by atoms with E-state index in [2.05, 4.69) is 0 Å². The van der Waals surface area contributed by atoms with Crippen LogP contribution in [0.25, 0.3) is 0 Å². The molecule has 4 N–H and O–H groups in total. The Labute approximate surface area is 136 Å². The molecule has 0 aliphatic carbocycles. The van der Waals surface area contributed by atoms with Crippen LogP contribution in [-0.2, 0) is 19.0 Å². The van der Waals surface area contributed by atoms with Crippen LogP contribution in [0.5, 0.6) is 0 Å². The van der Waals surface area contributed by atoms with Crippen LogP contribution >= 0.6 is 0 Å². The Bertz CT molecular complexity index is 320. The summed E-state index contributed by atoms with van der Waals surface area (Å²) in [6.07, 6.45) is -2.88. The van der Waals surface area contributed by atoms with E-state index in [-0.39, 0.29) is 39.6 Å². The molecule has 9 heteroatoms. The SMILES string of the molecule is C[N+](C)(C)CC(=O)OCC(O)COCC(O)COCC(O)CO. The van der Waals surface area contributed by atoms with E-state index in [1.165, 1.54) is 0 Å². The van der Waals surface area contributed by atoms with Crippen LogP contribution in [0.15, 0.2) is 0 Å². The van der Waals surface area contributed by atoms with Crippen LogP contribution in [0.3, 0.4) is 0 Å². The molecule has 0 aromatic heterocycles. The van der Waals surface area contributed by atoms with Crippen LogP contribution in [0.1, 0.15) is 0 Å². The molecule has 0 heterocycles. The molecule has 0 radical (unpaired) electrons. The Hall–Kier alpha value is -0.810. The number of hydrogen-bond donors (Lipinski definition) is 4. The molecule has 23 heavy (non-hydrogen) atoms. The molecule has 9 nitrogen and oxygen atoms in total. The van der Waals surface area contributed by atoms with Crippen LogP contribution in [0.4, 0.5) is 0 Å². The Morgan fingerprint density at radius 2 is 1.30 bits per heavy atom. The van der Waals surface area contributed by atoms with Gasteiger partial charge < -0.3 is 39.1 Å². The quantitative estimate of drug-likeness (QED) is 0.211. The summed E-state index contributed by atoms with van der Waals surface area (Å²) in [5.74, 6) is -0.410. The lowest BCUT2D eigenvalue weighted by molar-refractivity contribution is -0.862. The lowest BCUT2D eigenvalue weighted by Crippen LogP contribution is -2.41. The summed E-state index contributed by atoms with van der Waals surface area (Å²) < 4.78 is 15.4. The first kappa shape index (κ1) is 22.2. The van der Waals surface area contributed by atoms with Gasteiger partial charge in [-0.2, -0.15) is 0 Å². The van der Waals surface area contributed by atoms with Gasteiger partial charge in [0.05, 0.1) is 54.2 Å². The second-order valence-corrected chi connectivity index (χ2v) is 6.35. The molecule has 0 saturated carbocycles. The maximum atomic E-state index is 11.5. The fraction of sp³-hybridized carbons (Fsp3) is 0.929. The van der Waals surface area contributed by atoms with Gasteiger partial charge in [-0.15, -0.1) is 0 Å². The van der Waals surface area contributed by atoms with E-state index in [0.717, 1.165) is 0 Å². The number of aliphatic hydroxyl groups is 4. The Balaban J connectivity index is 3.65. The molecule has 0 aromatic rings. The van der Waals surface area contributed by atoms with Gasteiger partial charge in [0, 0.05) is 0 Å². The molecule has 0 bridgehead atoms. The first-order valence-corrected chi connectivity index (χ1v) is 7.40. The first-order chi connectivity index (χ1) is 10.6. The van der Waals surface area contributed by atoms with Gasteiger partial charge in [-0.3, -0.25) is 0 Å². The predicted octanol–water partition coefficient (Wildman–Crippen LogP) is -2.66. The number of aliphatic hydroxyl groups excluding tert-OH is 4. The number of esters is 1. The van der Waals surface area contributed by atoms with Gasteiger partial charge in [0.15, 0.2) is 6.54 Å². The second kappa shape index (κ2) is 11.7. The monoisotopic (exact) mass is 340 g/mol. The van der Waals surface area contributed by atoms with Gasteiger partial charge >= 0.3 is 5.97 Å². The molecule has 0 rings (SSSR count). The minimum Gasteiger partial charge on any atom is -0.459 e. The standard InChI is InChI=1S/C14H30NO8/c1-15(2,3)4-14(20)23-10-13(19)9-22-8-12(18)7-21-6-11(17)5-16/h11-13,16-19H,4-10H2,1-3H3/q+1. The number of quaternary nitrogens is 1. The Kier molecular flexibility index (Phi) is 11.3. The van der Waals surface area contributed by atoms with E-state index in [1.54, 1.807) is 0 Å². The van der Waals surface area contributed by atoms with Crippen molar-refractivity contribution in [2.45, 2.75) is 18.3 Å². The minimum atomic E-state index is -0.980. The van der Waals surface area contributed by atoms with Crippen molar-refractivity contribution in [3.63, 3.8) is 0 Å². The summed E-state index contributed by atoms with van der Waals surface area (Å²) in [6, 6.07) is 0. The molecular weight excluding hydrogens is 310 g/mol. The number of hydrogen-bond acceptors (Lipinski definition) is 8. The van der Waals surface area contributed by atoms with Crippen molar-refractivity contribution in [2.75, 3.05) is 67.3 Å². The smallest absolute Gasteiger partial charge is 0.361 e. The predicted molar refractivity (Wildman–Crippen MR) is 80.6 cm³/mol. The third-order valence-electron chi connectivity index (χ3n) is 2.49. The maximum absolute atomic E-state index is 11.5. The van der Waals surface area contributed by atoms with Crippen LogP contribution in [0, 0.1) is 0 Å². The first-order valence-electron chi connectivity index (χ1n) is 7.40. The summed E-state index contributed by atoms with van der Waals surface area (Å²) in [5, 5.41) is 36.7. The fourth-order valence-corrected chi connectivity index (χ4v) is 1.45. The molecule has 3 unspecified atom stereocenters. The van der Waals surface area contributed by atoms with Gasteiger partial charge in [-0.1, -0.05) is 0 Å². The van der Waals surface area contributed by atoms with Gasteiger partial charge in [0.2, 0.25) is 0 Å². The van der Waals surface area contributed by atoms with Crippen LogP contribution in [0.2, 0.25) is 0 Å². The average Bonchev–Trinajstić information content (AvgIpc) is 2.43. The number of rotatable bonds is 13. The van der Waals surface area contributed by atoms with Gasteiger partial charge in [0.25, 0.3) is 0 Å². The molecule has 0 aliphatic heterocycles. The molecular formula is C14H30NO8+. The van der Waals surface area contributed by atoms with E-state index < -0.39 is 30.9 Å². The largest absolute Gasteiger partial charge is 0.459 e. The third kappa shape index (κ3) is 14.5. The highest BCUT2D eigenvalue weighted by molar-refractivity contribution is 5.70. The normalized spacial score (nSPS) is 16.0. The van der Waals surface area contributed by atoms with Crippen LogP contribution < -0.4 is 0 Å². The van der Waals surface area contributed by atoms with Crippen molar-refractivity contribution in [1.82, 2.24) is 0 Å². The maximum Gasteiger partial charge on any atom is 0.361 e.